The molecular formula is C20H23BrN6O8. The number of nitro groups is 2. The van der Waals surface area contributed by atoms with Gasteiger partial charge in [-0.15, -0.1) is 0 Å². The number of nitrogens with zero attached hydrogens (tertiary/aromatic N) is 2. The molecule has 2 aromatic rings. The van der Waals surface area contributed by atoms with Gasteiger partial charge >= 0.3 is 0 Å². The van der Waals surface area contributed by atoms with Crippen LogP contribution in [0.3, 0.4) is 0 Å². The number of rotatable bonds is 13. The van der Waals surface area contributed by atoms with Crippen LogP contribution in [-0.4, -0.2) is 48.2 Å². The second-order valence-electron chi connectivity index (χ2n) is 7.17. The zero-order valence-corrected chi connectivity index (χ0v) is 20.3. The van der Waals surface area contributed by atoms with Crippen LogP contribution in [0.2, 0.25) is 0 Å². The normalized spacial score (nSPS) is 11.4. The molecule has 0 radical (unpaired) electrons. The molecule has 188 valence electrons. The lowest BCUT2D eigenvalue weighted by molar-refractivity contribution is -0.384. The van der Waals surface area contributed by atoms with Crippen molar-refractivity contribution < 1.29 is 28.9 Å². The molecule has 0 aromatic heterocycles. The van der Waals surface area contributed by atoms with E-state index in [0.29, 0.717) is 13.0 Å². The largest absolute Gasteiger partial charge is 0.491 e. The van der Waals surface area contributed by atoms with Gasteiger partial charge in [0.05, 0.1) is 22.6 Å². The summed E-state index contributed by atoms with van der Waals surface area (Å²) in [5.74, 6) is -1.76. The highest BCUT2D eigenvalue weighted by molar-refractivity contribution is 9.10. The number of carbonyl (C=O) groups excluding carboxylic acids is 2. The Morgan fingerprint density at radius 1 is 0.971 bits per heavy atom. The van der Waals surface area contributed by atoms with Crippen LogP contribution in [0, 0.1) is 20.2 Å². The smallest absolute Gasteiger partial charge is 0.297 e. The molecule has 0 bridgehead atoms. The summed E-state index contributed by atoms with van der Waals surface area (Å²) in [4.78, 5) is 45.0. The molecule has 0 aliphatic heterocycles. The minimum atomic E-state index is -0.887. The Balaban J connectivity index is 2.46. The first-order chi connectivity index (χ1) is 16.5. The Morgan fingerprint density at radius 3 is 2.00 bits per heavy atom. The first kappa shape index (κ1) is 27.3. The predicted octanol–water partition coefficient (Wildman–Crippen LogP) is 2.75. The lowest BCUT2D eigenvalue weighted by atomic mass is 10.1. The number of anilines is 2. The van der Waals surface area contributed by atoms with E-state index in [2.05, 4.69) is 26.6 Å². The molecule has 2 amide bonds. The van der Waals surface area contributed by atoms with Gasteiger partial charge in [0.1, 0.15) is 11.4 Å². The molecule has 1 atom stereocenters. The van der Waals surface area contributed by atoms with E-state index >= 15 is 0 Å². The summed E-state index contributed by atoms with van der Waals surface area (Å²) in [5.41, 5.74) is 9.29. The second kappa shape index (κ2) is 11.9. The van der Waals surface area contributed by atoms with Gasteiger partial charge in [-0.25, -0.2) is 0 Å². The number of primary amides is 2. The molecule has 14 nitrogen and oxygen atoms in total. The van der Waals surface area contributed by atoms with E-state index < -0.39 is 39.2 Å². The molecule has 1 unspecified atom stereocenters. The topological polar surface area (TPSA) is 215 Å². The van der Waals surface area contributed by atoms with Crippen LogP contribution in [0.5, 0.6) is 5.75 Å². The number of benzene rings is 2. The first-order valence-corrected chi connectivity index (χ1v) is 10.8. The van der Waals surface area contributed by atoms with Crippen molar-refractivity contribution in [2.75, 3.05) is 31.0 Å². The monoisotopic (exact) mass is 554 g/mol. The van der Waals surface area contributed by atoms with Crippen molar-refractivity contribution in [2.24, 2.45) is 11.5 Å². The van der Waals surface area contributed by atoms with Gasteiger partial charge < -0.3 is 31.6 Å². The zero-order chi connectivity index (χ0) is 26.3. The van der Waals surface area contributed by atoms with Gasteiger partial charge in [-0.1, -0.05) is 0 Å². The third kappa shape index (κ3) is 7.00. The summed E-state index contributed by atoms with van der Waals surface area (Å²) >= 11 is 3.18. The Bertz CT molecular complexity index is 1160. The van der Waals surface area contributed by atoms with E-state index in [1.54, 1.807) is 6.92 Å². The molecule has 0 fully saturated rings. The van der Waals surface area contributed by atoms with Crippen molar-refractivity contribution >= 4 is 50.5 Å². The Kier molecular flexibility index (Phi) is 9.30. The number of halogens is 1. The predicted molar refractivity (Wildman–Crippen MR) is 130 cm³/mol. The van der Waals surface area contributed by atoms with Gasteiger partial charge in [-0.05, 0) is 35.0 Å². The van der Waals surface area contributed by atoms with Gasteiger partial charge in [-0.2, -0.15) is 0 Å². The fourth-order valence-corrected chi connectivity index (χ4v) is 3.59. The van der Waals surface area contributed by atoms with Gasteiger partial charge in [0.25, 0.3) is 11.4 Å². The Hall–Kier alpha value is -3.98. The quantitative estimate of drug-likeness (QED) is 0.123. The van der Waals surface area contributed by atoms with Crippen molar-refractivity contribution in [3.63, 3.8) is 0 Å². The maximum Gasteiger partial charge on any atom is 0.297 e. The van der Waals surface area contributed by atoms with Crippen LogP contribution < -0.4 is 26.8 Å². The van der Waals surface area contributed by atoms with Crippen LogP contribution in [0.15, 0.2) is 28.7 Å². The van der Waals surface area contributed by atoms with Crippen LogP contribution in [0.1, 0.15) is 34.1 Å². The number of methoxy groups -OCH3 is 1. The van der Waals surface area contributed by atoms with Crippen molar-refractivity contribution in [1.82, 2.24) is 0 Å². The molecule has 0 heterocycles. The van der Waals surface area contributed by atoms with Crippen LogP contribution in [-0.2, 0) is 4.74 Å². The van der Waals surface area contributed by atoms with E-state index in [4.69, 9.17) is 20.9 Å². The van der Waals surface area contributed by atoms with Crippen LogP contribution in [0.25, 0.3) is 0 Å². The molecule has 0 spiro atoms. The number of nitrogens with two attached hydrogens (primary N) is 2. The Morgan fingerprint density at radius 2 is 1.49 bits per heavy atom. The number of nitrogens with one attached hydrogen (secondary N) is 2. The maximum atomic E-state index is 11.7. The van der Waals surface area contributed by atoms with Gasteiger partial charge in [0.2, 0.25) is 11.8 Å². The number of hydrogen-bond donors (Lipinski definition) is 4. The fraction of sp³-hybridized carbons (Fsp3) is 0.300. The molecule has 6 N–H and O–H groups in total. The summed E-state index contributed by atoms with van der Waals surface area (Å²) in [7, 11) is 1.51. The number of amides is 2. The van der Waals surface area contributed by atoms with E-state index in [-0.39, 0.29) is 39.3 Å². The van der Waals surface area contributed by atoms with Crippen molar-refractivity contribution in [2.45, 2.75) is 19.5 Å². The number of hydrogen-bond acceptors (Lipinski definition) is 10. The highest BCUT2D eigenvalue weighted by Gasteiger charge is 2.26. The molecule has 2 aromatic carbocycles. The first-order valence-electron chi connectivity index (χ1n) is 10.0. The minimum absolute atomic E-state index is 0.000952. The molecular weight excluding hydrogens is 532 g/mol. The molecule has 0 saturated carbocycles. The van der Waals surface area contributed by atoms with Gasteiger partial charge in [0.15, 0.2) is 5.69 Å². The van der Waals surface area contributed by atoms with E-state index in [1.165, 1.54) is 19.2 Å². The van der Waals surface area contributed by atoms with Crippen molar-refractivity contribution in [3.05, 3.63) is 60.1 Å². The standard InChI is InChI=1S/C20H23BrN6O8/c1-10(24-17-13(21)6-11(19(22)28)7-14(17)26(30)31)25-18-15(27(32)33)8-12(20(23)29)9-16(18)35-5-3-4-34-2/h6-10,24-25H,3-5H2,1-2H3,(H2,22,28)(H2,23,29). The van der Waals surface area contributed by atoms with Crippen molar-refractivity contribution in [3.8, 4) is 5.75 Å². The lowest BCUT2D eigenvalue weighted by Crippen LogP contribution is -2.27. The molecule has 2 rings (SSSR count). The van der Waals surface area contributed by atoms with Crippen molar-refractivity contribution in [1.29, 1.82) is 0 Å². The maximum absolute atomic E-state index is 11.7. The molecule has 0 aliphatic rings. The summed E-state index contributed by atoms with van der Waals surface area (Å²) in [6.45, 7) is 2.03. The zero-order valence-electron chi connectivity index (χ0n) is 18.7. The van der Waals surface area contributed by atoms with E-state index in [9.17, 15) is 29.8 Å². The Labute approximate surface area is 207 Å². The highest BCUT2D eigenvalue weighted by Crippen LogP contribution is 2.38. The number of ether oxygens (including phenoxy) is 2. The molecule has 15 heteroatoms. The van der Waals surface area contributed by atoms with Crippen LogP contribution in [0.4, 0.5) is 22.7 Å². The number of nitro benzene ring substituents is 2. The summed E-state index contributed by atoms with van der Waals surface area (Å²) < 4.78 is 10.8. The van der Waals surface area contributed by atoms with Crippen LogP contribution >= 0.6 is 15.9 Å². The number of carbonyl (C=O) groups is 2. The summed E-state index contributed by atoms with van der Waals surface area (Å²) in [6.07, 6.45) is -0.382. The molecule has 0 saturated heterocycles. The third-order valence-electron chi connectivity index (χ3n) is 4.59. The third-order valence-corrected chi connectivity index (χ3v) is 5.21. The average Bonchev–Trinajstić information content (AvgIpc) is 2.77. The molecule has 0 aliphatic carbocycles. The minimum Gasteiger partial charge on any atom is -0.491 e. The molecule has 35 heavy (non-hydrogen) atoms. The summed E-state index contributed by atoms with van der Waals surface area (Å²) in [5, 5.41) is 29.0. The SMILES string of the molecule is COCCCOc1cc(C(N)=O)cc([N+](=O)[O-])c1NC(C)Nc1c(Br)cc(C(N)=O)cc1[N+](=O)[O-]. The second-order valence-corrected chi connectivity index (χ2v) is 8.02. The van der Waals surface area contributed by atoms with E-state index in [1.807, 2.05) is 0 Å². The average molecular weight is 555 g/mol. The summed E-state index contributed by atoms with van der Waals surface area (Å²) in [6, 6.07) is 4.58. The van der Waals surface area contributed by atoms with E-state index in [0.717, 1.165) is 12.1 Å². The fourth-order valence-electron chi connectivity index (χ4n) is 3.02. The van der Waals surface area contributed by atoms with Gasteiger partial charge in [-0.3, -0.25) is 29.8 Å². The highest BCUT2D eigenvalue weighted by atomic mass is 79.9. The lowest BCUT2D eigenvalue weighted by Gasteiger charge is -2.21. The van der Waals surface area contributed by atoms with Gasteiger partial charge in [0, 0.05) is 47.9 Å².